The summed E-state index contributed by atoms with van der Waals surface area (Å²) >= 11 is 0. The fourth-order valence-corrected chi connectivity index (χ4v) is 3.46. The summed E-state index contributed by atoms with van der Waals surface area (Å²) in [6.07, 6.45) is 0. The first-order valence-electron chi connectivity index (χ1n) is 10.3. The molecular weight excluding hydrogens is 412 g/mol. The smallest absolute Gasteiger partial charge is 0.278 e. The van der Waals surface area contributed by atoms with Gasteiger partial charge in [-0.2, -0.15) is 0 Å². The summed E-state index contributed by atoms with van der Waals surface area (Å²) in [7, 11) is 1.50. The van der Waals surface area contributed by atoms with Crippen molar-refractivity contribution in [1.82, 2.24) is 19.9 Å². The van der Waals surface area contributed by atoms with Crippen LogP contribution in [0.25, 0.3) is 10.9 Å². The number of nitrogens with one attached hydrogen (secondary N) is 1. The maximum Gasteiger partial charge on any atom is 0.278 e. The van der Waals surface area contributed by atoms with Crippen molar-refractivity contribution in [1.29, 1.82) is 0 Å². The topological polar surface area (TPSA) is 110 Å². The highest BCUT2D eigenvalue weighted by molar-refractivity contribution is 5.94. The Morgan fingerprint density at radius 1 is 1.09 bits per heavy atom. The van der Waals surface area contributed by atoms with Gasteiger partial charge in [0.05, 0.1) is 25.1 Å². The van der Waals surface area contributed by atoms with Crippen LogP contribution in [-0.4, -0.2) is 71.6 Å². The standard InChI is InChI=1S/C22H24N6O4/c1-26(21(30)15-28-22(31)18-4-2-3-5-19(18)24-25-28)14-20(29)23-16-6-8-17(9-7-16)27-10-12-32-13-11-27/h2-9H,10-15H2,1H3,(H,23,29). The molecule has 2 aromatic carbocycles. The molecule has 10 heteroatoms. The maximum absolute atomic E-state index is 12.5. The third-order valence-electron chi connectivity index (χ3n) is 5.25. The van der Waals surface area contributed by atoms with Crippen molar-refractivity contribution in [3.05, 3.63) is 58.9 Å². The van der Waals surface area contributed by atoms with Gasteiger partial charge in [0.15, 0.2) is 0 Å². The largest absolute Gasteiger partial charge is 0.378 e. The Labute approximate surface area is 184 Å². The zero-order valence-electron chi connectivity index (χ0n) is 17.7. The summed E-state index contributed by atoms with van der Waals surface area (Å²) in [6, 6.07) is 14.3. The minimum Gasteiger partial charge on any atom is -0.378 e. The second-order valence-corrected chi connectivity index (χ2v) is 7.51. The molecule has 1 fully saturated rings. The van der Waals surface area contributed by atoms with Crippen LogP contribution in [0.2, 0.25) is 0 Å². The van der Waals surface area contributed by atoms with Crippen molar-refractivity contribution in [2.45, 2.75) is 6.54 Å². The number of amides is 2. The number of benzene rings is 2. The number of aromatic nitrogens is 3. The van der Waals surface area contributed by atoms with Gasteiger partial charge in [0.2, 0.25) is 11.8 Å². The molecule has 0 atom stereocenters. The Morgan fingerprint density at radius 3 is 2.56 bits per heavy atom. The maximum atomic E-state index is 12.5. The van der Waals surface area contributed by atoms with E-state index >= 15 is 0 Å². The molecule has 1 N–H and O–H groups in total. The lowest BCUT2D eigenvalue weighted by molar-refractivity contribution is -0.134. The number of ether oxygens (including phenoxy) is 1. The van der Waals surface area contributed by atoms with Gasteiger partial charge in [0, 0.05) is 31.5 Å². The average Bonchev–Trinajstić information content (AvgIpc) is 2.82. The number of anilines is 2. The van der Waals surface area contributed by atoms with Crippen molar-refractivity contribution in [2.75, 3.05) is 50.1 Å². The molecule has 0 unspecified atom stereocenters. The van der Waals surface area contributed by atoms with E-state index in [0.29, 0.717) is 29.8 Å². The molecule has 166 valence electrons. The van der Waals surface area contributed by atoms with E-state index in [1.54, 1.807) is 24.3 Å². The Hall–Kier alpha value is -3.79. The summed E-state index contributed by atoms with van der Waals surface area (Å²) in [5.74, 6) is -0.758. The summed E-state index contributed by atoms with van der Waals surface area (Å²) < 4.78 is 6.36. The summed E-state index contributed by atoms with van der Waals surface area (Å²) in [5, 5.41) is 11.0. The highest BCUT2D eigenvalue weighted by Crippen LogP contribution is 2.19. The minimum atomic E-state index is -0.422. The van der Waals surface area contributed by atoms with E-state index in [4.69, 9.17) is 4.74 Å². The minimum absolute atomic E-state index is 0.153. The highest BCUT2D eigenvalue weighted by atomic mass is 16.5. The highest BCUT2D eigenvalue weighted by Gasteiger charge is 2.16. The number of carbonyl (C=O) groups excluding carboxylic acids is 2. The van der Waals surface area contributed by atoms with E-state index < -0.39 is 11.5 Å². The molecule has 1 saturated heterocycles. The van der Waals surface area contributed by atoms with Gasteiger partial charge in [-0.05, 0) is 36.4 Å². The predicted octanol–water partition coefficient (Wildman–Crippen LogP) is 0.725. The number of hydrogen-bond acceptors (Lipinski definition) is 7. The van der Waals surface area contributed by atoms with Crippen molar-refractivity contribution in [2.24, 2.45) is 0 Å². The van der Waals surface area contributed by atoms with E-state index in [1.807, 2.05) is 24.3 Å². The SMILES string of the molecule is CN(CC(=O)Nc1ccc(N2CCOCC2)cc1)C(=O)Cn1nnc2ccccc2c1=O. The quantitative estimate of drug-likeness (QED) is 0.606. The molecule has 10 nitrogen and oxygen atoms in total. The van der Waals surface area contributed by atoms with E-state index in [2.05, 4.69) is 20.5 Å². The summed E-state index contributed by atoms with van der Waals surface area (Å²) in [4.78, 5) is 40.9. The Morgan fingerprint density at radius 2 is 1.81 bits per heavy atom. The fraction of sp³-hybridized carbons (Fsp3) is 0.318. The molecule has 2 amide bonds. The van der Waals surface area contributed by atoms with E-state index in [0.717, 1.165) is 23.5 Å². The van der Waals surface area contributed by atoms with Crippen LogP contribution in [0, 0.1) is 0 Å². The number of carbonyl (C=O) groups is 2. The van der Waals surface area contributed by atoms with E-state index in [1.165, 1.54) is 11.9 Å². The van der Waals surface area contributed by atoms with Gasteiger partial charge in [-0.15, -0.1) is 5.10 Å². The second-order valence-electron chi connectivity index (χ2n) is 7.51. The summed E-state index contributed by atoms with van der Waals surface area (Å²) in [6.45, 7) is 2.63. The van der Waals surface area contributed by atoms with Gasteiger partial charge in [-0.3, -0.25) is 14.4 Å². The van der Waals surface area contributed by atoms with Gasteiger partial charge in [-0.1, -0.05) is 17.3 Å². The number of rotatable bonds is 6. The molecule has 1 aliphatic rings. The first kappa shape index (κ1) is 21.4. The lowest BCUT2D eigenvalue weighted by Gasteiger charge is -2.28. The second kappa shape index (κ2) is 9.56. The number of likely N-dealkylation sites (N-methyl/N-ethyl adjacent to an activating group) is 1. The van der Waals surface area contributed by atoms with Gasteiger partial charge >= 0.3 is 0 Å². The first-order valence-corrected chi connectivity index (χ1v) is 10.3. The Kier molecular flexibility index (Phi) is 6.41. The number of morpholine rings is 1. The number of nitrogens with zero attached hydrogens (tertiary/aromatic N) is 5. The molecule has 0 radical (unpaired) electrons. The van der Waals surface area contributed by atoms with Gasteiger partial charge in [0.1, 0.15) is 12.1 Å². The van der Waals surface area contributed by atoms with Gasteiger partial charge in [0.25, 0.3) is 5.56 Å². The first-order chi connectivity index (χ1) is 15.5. The molecule has 32 heavy (non-hydrogen) atoms. The average molecular weight is 436 g/mol. The molecule has 3 aromatic rings. The lowest BCUT2D eigenvalue weighted by atomic mass is 10.2. The molecule has 1 aromatic heterocycles. The number of fused-ring (bicyclic) bond motifs is 1. The number of hydrogen-bond donors (Lipinski definition) is 1. The van der Waals surface area contributed by atoms with Crippen molar-refractivity contribution in [3.8, 4) is 0 Å². The van der Waals surface area contributed by atoms with Crippen LogP contribution in [0.1, 0.15) is 0 Å². The van der Waals surface area contributed by atoms with Gasteiger partial charge in [-0.25, -0.2) is 4.68 Å². The molecule has 1 aliphatic heterocycles. The molecule has 0 spiro atoms. The van der Waals surface area contributed by atoms with E-state index in [9.17, 15) is 14.4 Å². The lowest BCUT2D eigenvalue weighted by Crippen LogP contribution is -2.39. The normalized spacial score (nSPS) is 13.7. The van der Waals surface area contributed by atoms with E-state index in [-0.39, 0.29) is 19.0 Å². The Balaban J connectivity index is 1.32. The molecule has 4 rings (SSSR count). The molecule has 0 aliphatic carbocycles. The van der Waals surface area contributed by atoms with Crippen LogP contribution in [0.5, 0.6) is 0 Å². The van der Waals surface area contributed by atoms with Crippen molar-refractivity contribution < 1.29 is 14.3 Å². The van der Waals surface area contributed by atoms with Crippen LogP contribution in [0.4, 0.5) is 11.4 Å². The third kappa shape index (κ3) is 4.92. The molecule has 2 heterocycles. The van der Waals surface area contributed by atoms with Crippen LogP contribution >= 0.6 is 0 Å². The molecule has 0 saturated carbocycles. The van der Waals surface area contributed by atoms with Crippen molar-refractivity contribution in [3.63, 3.8) is 0 Å². The third-order valence-corrected chi connectivity index (χ3v) is 5.25. The molecule has 0 bridgehead atoms. The monoisotopic (exact) mass is 436 g/mol. The fourth-order valence-electron chi connectivity index (χ4n) is 3.46. The van der Waals surface area contributed by atoms with Crippen LogP contribution in [0.15, 0.2) is 53.3 Å². The zero-order chi connectivity index (χ0) is 22.5. The zero-order valence-corrected chi connectivity index (χ0v) is 17.7. The van der Waals surface area contributed by atoms with Gasteiger partial charge < -0.3 is 19.9 Å². The Bertz CT molecular complexity index is 1170. The van der Waals surface area contributed by atoms with Crippen LogP contribution in [0.3, 0.4) is 0 Å². The van der Waals surface area contributed by atoms with Crippen LogP contribution < -0.4 is 15.8 Å². The predicted molar refractivity (Wildman–Crippen MR) is 120 cm³/mol. The molecular formula is C22H24N6O4. The van der Waals surface area contributed by atoms with Crippen molar-refractivity contribution >= 4 is 34.1 Å². The van der Waals surface area contributed by atoms with Crippen LogP contribution in [-0.2, 0) is 20.9 Å². The summed E-state index contributed by atoms with van der Waals surface area (Å²) in [5.41, 5.74) is 1.78.